The lowest BCUT2D eigenvalue weighted by atomic mass is 9.91. The van der Waals surface area contributed by atoms with Crippen LogP contribution in [0.4, 0.5) is 10.1 Å². The van der Waals surface area contributed by atoms with Gasteiger partial charge in [0.1, 0.15) is 5.82 Å². The summed E-state index contributed by atoms with van der Waals surface area (Å²) in [7, 11) is 0. The minimum Gasteiger partial charge on any atom is -0.382 e. The molecule has 0 heterocycles. The Kier molecular flexibility index (Phi) is 3.66. The zero-order valence-electron chi connectivity index (χ0n) is 9.05. The smallest absolute Gasteiger partial charge is 0.141 e. The standard InChI is InChI=1S/C12H16ClFN2/c13-11-7-10(4-5-12(11)14)16-9-3-1-2-8(15)6-9/h4-5,7-9,16H,1-3,6,15H2. The number of nitrogens with two attached hydrogens (primary N) is 1. The van der Waals surface area contributed by atoms with Crippen molar-refractivity contribution in [1.29, 1.82) is 0 Å². The van der Waals surface area contributed by atoms with Crippen LogP contribution in [0.2, 0.25) is 5.02 Å². The van der Waals surface area contributed by atoms with Gasteiger partial charge >= 0.3 is 0 Å². The van der Waals surface area contributed by atoms with Gasteiger partial charge in [-0.1, -0.05) is 11.6 Å². The van der Waals surface area contributed by atoms with Crippen LogP contribution in [-0.4, -0.2) is 12.1 Å². The van der Waals surface area contributed by atoms with Crippen molar-refractivity contribution in [2.24, 2.45) is 5.73 Å². The molecule has 0 amide bonds. The maximum absolute atomic E-state index is 13.0. The number of hydrogen-bond acceptors (Lipinski definition) is 2. The van der Waals surface area contributed by atoms with Gasteiger partial charge in [0.05, 0.1) is 5.02 Å². The molecule has 4 heteroatoms. The largest absolute Gasteiger partial charge is 0.382 e. The molecular formula is C12H16ClFN2. The molecule has 2 nitrogen and oxygen atoms in total. The van der Waals surface area contributed by atoms with Gasteiger partial charge in [0.15, 0.2) is 0 Å². The van der Waals surface area contributed by atoms with Gasteiger partial charge in [-0.25, -0.2) is 4.39 Å². The molecule has 2 atom stereocenters. The molecule has 2 unspecified atom stereocenters. The summed E-state index contributed by atoms with van der Waals surface area (Å²) in [5.41, 5.74) is 6.77. The van der Waals surface area contributed by atoms with E-state index in [1.807, 2.05) is 0 Å². The molecule has 1 saturated carbocycles. The summed E-state index contributed by atoms with van der Waals surface area (Å²) in [5, 5.41) is 3.51. The van der Waals surface area contributed by atoms with Gasteiger partial charge in [0, 0.05) is 17.8 Å². The predicted octanol–water partition coefficient (Wildman–Crippen LogP) is 3.16. The summed E-state index contributed by atoms with van der Waals surface area (Å²) >= 11 is 5.72. The number of nitrogens with one attached hydrogen (secondary N) is 1. The Labute approximate surface area is 100.0 Å². The molecular weight excluding hydrogens is 227 g/mol. The third kappa shape index (κ3) is 2.86. The van der Waals surface area contributed by atoms with Crippen molar-refractivity contribution < 1.29 is 4.39 Å². The monoisotopic (exact) mass is 242 g/mol. The van der Waals surface area contributed by atoms with E-state index in [0.29, 0.717) is 6.04 Å². The van der Waals surface area contributed by atoms with Crippen molar-refractivity contribution >= 4 is 17.3 Å². The average molecular weight is 243 g/mol. The molecule has 1 aromatic carbocycles. The minimum atomic E-state index is -0.382. The highest BCUT2D eigenvalue weighted by Crippen LogP contribution is 2.24. The van der Waals surface area contributed by atoms with E-state index in [1.54, 1.807) is 12.1 Å². The number of anilines is 1. The third-order valence-electron chi connectivity index (χ3n) is 3.01. The molecule has 1 aromatic rings. The van der Waals surface area contributed by atoms with E-state index in [4.69, 9.17) is 17.3 Å². The molecule has 88 valence electrons. The molecule has 0 spiro atoms. The van der Waals surface area contributed by atoms with Gasteiger partial charge in [-0.3, -0.25) is 0 Å². The van der Waals surface area contributed by atoms with Crippen LogP contribution in [-0.2, 0) is 0 Å². The Balaban J connectivity index is 2.00. The maximum Gasteiger partial charge on any atom is 0.141 e. The molecule has 0 saturated heterocycles. The summed E-state index contributed by atoms with van der Waals surface area (Å²) in [6, 6.07) is 5.37. The molecule has 16 heavy (non-hydrogen) atoms. The van der Waals surface area contributed by atoms with E-state index in [9.17, 15) is 4.39 Å². The molecule has 2 rings (SSSR count). The zero-order valence-corrected chi connectivity index (χ0v) is 9.80. The topological polar surface area (TPSA) is 38.0 Å². The Morgan fingerprint density at radius 1 is 1.38 bits per heavy atom. The number of hydrogen-bond donors (Lipinski definition) is 2. The van der Waals surface area contributed by atoms with Crippen molar-refractivity contribution in [3.8, 4) is 0 Å². The summed E-state index contributed by atoms with van der Waals surface area (Å²) in [4.78, 5) is 0. The third-order valence-corrected chi connectivity index (χ3v) is 3.29. The highest BCUT2D eigenvalue weighted by atomic mass is 35.5. The number of halogens is 2. The lowest BCUT2D eigenvalue weighted by molar-refractivity contribution is 0.409. The van der Waals surface area contributed by atoms with Crippen molar-refractivity contribution in [2.75, 3.05) is 5.32 Å². The van der Waals surface area contributed by atoms with Crippen LogP contribution >= 0.6 is 11.6 Å². The van der Waals surface area contributed by atoms with Crippen LogP contribution in [0.15, 0.2) is 18.2 Å². The molecule has 0 radical (unpaired) electrons. The van der Waals surface area contributed by atoms with E-state index in [0.717, 1.165) is 31.4 Å². The lowest BCUT2D eigenvalue weighted by Gasteiger charge is -2.28. The molecule has 1 aliphatic carbocycles. The Morgan fingerprint density at radius 3 is 2.88 bits per heavy atom. The van der Waals surface area contributed by atoms with E-state index in [2.05, 4.69) is 5.32 Å². The molecule has 1 aliphatic rings. The van der Waals surface area contributed by atoms with Crippen LogP contribution in [0.3, 0.4) is 0 Å². The van der Waals surface area contributed by atoms with Crippen LogP contribution < -0.4 is 11.1 Å². The Morgan fingerprint density at radius 2 is 2.19 bits per heavy atom. The van der Waals surface area contributed by atoms with Crippen LogP contribution in [0.5, 0.6) is 0 Å². The van der Waals surface area contributed by atoms with Gasteiger partial charge in [0.25, 0.3) is 0 Å². The Bertz CT molecular complexity index is 370. The molecule has 0 aromatic heterocycles. The first-order chi connectivity index (χ1) is 7.65. The van der Waals surface area contributed by atoms with Crippen molar-refractivity contribution in [1.82, 2.24) is 0 Å². The first kappa shape index (κ1) is 11.7. The van der Waals surface area contributed by atoms with E-state index >= 15 is 0 Å². The van der Waals surface area contributed by atoms with Crippen molar-refractivity contribution in [2.45, 2.75) is 37.8 Å². The minimum absolute atomic E-state index is 0.158. The molecule has 1 fully saturated rings. The SMILES string of the molecule is NC1CCCC(Nc2ccc(F)c(Cl)c2)C1. The van der Waals surface area contributed by atoms with Gasteiger partial charge in [-0.15, -0.1) is 0 Å². The second-order valence-electron chi connectivity index (χ2n) is 4.40. The zero-order chi connectivity index (χ0) is 11.5. The van der Waals surface area contributed by atoms with Gasteiger partial charge in [-0.2, -0.15) is 0 Å². The first-order valence-electron chi connectivity index (χ1n) is 5.62. The van der Waals surface area contributed by atoms with Gasteiger partial charge in [-0.05, 0) is 43.9 Å². The van der Waals surface area contributed by atoms with Gasteiger partial charge < -0.3 is 11.1 Å². The number of benzene rings is 1. The summed E-state index contributed by atoms with van der Waals surface area (Å²) in [6.07, 6.45) is 4.33. The van der Waals surface area contributed by atoms with Crippen LogP contribution in [0, 0.1) is 5.82 Å². The second kappa shape index (κ2) is 5.02. The molecule has 3 N–H and O–H groups in total. The summed E-state index contributed by atoms with van der Waals surface area (Å²) < 4.78 is 13.0. The number of rotatable bonds is 2. The van der Waals surface area contributed by atoms with Crippen molar-refractivity contribution in [3.63, 3.8) is 0 Å². The fourth-order valence-electron chi connectivity index (χ4n) is 2.18. The fraction of sp³-hybridized carbons (Fsp3) is 0.500. The summed E-state index contributed by atoms with van der Waals surface area (Å²) in [6.45, 7) is 0. The molecule has 0 aliphatic heterocycles. The van der Waals surface area contributed by atoms with E-state index < -0.39 is 0 Å². The predicted molar refractivity (Wildman–Crippen MR) is 65.3 cm³/mol. The average Bonchev–Trinajstić information content (AvgIpc) is 2.24. The molecule has 0 bridgehead atoms. The van der Waals surface area contributed by atoms with E-state index in [1.165, 1.54) is 6.07 Å². The van der Waals surface area contributed by atoms with Gasteiger partial charge in [0.2, 0.25) is 0 Å². The maximum atomic E-state index is 13.0. The van der Waals surface area contributed by atoms with Crippen LogP contribution in [0.25, 0.3) is 0 Å². The lowest BCUT2D eigenvalue weighted by Crippen LogP contribution is -2.34. The van der Waals surface area contributed by atoms with E-state index in [-0.39, 0.29) is 16.9 Å². The Hall–Kier alpha value is -0.800. The fourth-order valence-corrected chi connectivity index (χ4v) is 2.36. The normalized spacial score (nSPS) is 25.4. The summed E-state index contributed by atoms with van der Waals surface area (Å²) in [5.74, 6) is -0.382. The quantitative estimate of drug-likeness (QED) is 0.836. The highest BCUT2D eigenvalue weighted by molar-refractivity contribution is 6.31. The van der Waals surface area contributed by atoms with Crippen LogP contribution in [0.1, 0.15) is 25.7 Å². The first-order valence-corrected chi connectivity index (χ1v) is 6.00. The van der Waals surface area contributed by atoms with Crippen molar-refractivity contribution in [3.05, 3.63) is 29.0 Å². The highest BCUT2D eigenvalue weighted by Gasteiger charge is 2.18. The second-order valence-corrected chi connectivity index (χ2v) is 4.80.